The number of esters is 1. The zero-order valence-corrected chi connectivity index (χ0v) is 23.0. The van der Waals surface area contributed by atoms with E-state index in [2.05, 4.69) is 13.0 Å². The van der Waals surface area contributed by atoms with Crippen LogP contribution in [0.2, 0.25) is 5.02 Å². The fourth-order valence-corrected chi connectivity index (χ4v) is 4.61. The molecule has 2 N–H and O–H groups in total. The van der Waals surface area contributed by atoms with Crippen molar-refractivity contribution < 1.29 is 23.7 Å². The van der Waals surface area contributed by atoms with E-state index in [4.69, 9.17) is 36.3 Å². The Bertz CT molecular complexity index is 1420. The Morgan fingerprint density at radius 3 is 2.49 bits per heavy atom. The quantitative estimate of drug-likeness (QED) is 0.171. The van der Waals surface area contributed by atoms with Crippen LogP contribution in [0.3, 0.4) is 0 Å². The second kappa shape index (κ2) is 12.6. The Hall–Kier alpha value is -4.15. The number of fused-ring (bicyclic) bond motifs is 1. The van der Waals surface area contributed by atoms with Gasteiger partial charge in [0.15, 0.2) is 6.61 Å². The number of nitrogens with zero attached hydrogens (tertiary/aromatic N) is 1. The maximum absolute atomic E-state index is 12.5. The highest BCUT2D eigenvalue weighted by Crippen LogP contribution is 2.46. The van der Waals surface area contributed by atoms with Crippen LogP contribution in [0.5, 0.6) is 23.0 Å². The largest absolute Gasteiger partial charge is 0.493 e. The van der Waals surface area contributed by atoms with Crippen LogP contribution in [0.25, 0.3) is 0 Å². The average molecular weight is 547 g/mol. The van der Waals surface area contributed by atoms with Crippen molar-refractivity contribution in [2.24, 2.45) is 5.73 Å². The molecule has 202 valence electrons. The lowest BCUT2D eigenvalue weighted by atomic mass is 9.83. The van der Waals surface area contributed by atoms with E-state index in [0.29, 0.717) is 40.0 Å². The van der Waals surface area contributed by atoms with Gasteiger partial charge in [-0.1, -0.05) is 55.6 Å². The summed E-state index contributed by atoms with van der Waals surface area (Å²) in [4.78, 5) is 12.5. The highest BCUT2D eigenvalue weighted by atomic mass is 35.5. The van der Waals surface area contributed by atoms with Crippen molar-refractivity contribution in [3.8, 4) is 29.1 Å². The lowest BCUT2D eigenvalue weighted by Gasteiger charge is -2.28. The number of nitriles is 1. The number of halogens is 1. The molecule has 0 aliphatic carbocycles. The molecule has 8 heteroatoms. The number of nitrogens with two attached hydrogens (primary N) is 1. The Morgan fingerprint density at radius 1 is 1.03 bits per heavy atom. The molecule has 3 aromatic carbocycles. The van der Waals surface area contributed by atoms with Crippen molar-refractivity contribution in [3.63, 3.8) is 0 Å². The molecule has 1 unspecified atom stereocenters. The van der Waals surface area contributed by atoms with Gasteiger partial charge in [0, 0.05) is 22.2 Å². The van der Waals surface area contributed by atoms with Crippen molar-refractivity contribution in [1.29, 1.82) is 5.26 Å². The molecular weight excluding hydrogens is 516 g/mol. The molecule has 0 fully saturated rings. The van der Waals surface area contributed by atoms with E-state index in [9.17, 15) is 10.1 Å². The molecule has 3 aromatic rings. The summed E-state index contributed by atoms with van der Waals surface area (Å²) in [5.41, 5.74) is 9.71. The molecule has 1 heterocycles. The molecule has 0 spiro atoms. The summed E-state index contributed by atoms with van der Waals surface area (Å²) in [7, 11) is 0. The minimum Gasteiger partial charge on any atom is -0.493 e. The molecule has 1 aliphatic heterocycles. The molecular formula is C31H31ClN2O5. The van der Waals surface area contributed by atoms with Crippen LogP contribution in [0, 0.1) is 25.2 Å². The summed E-state index contributed by atoms with van der Waals surface area (Å²) in [5.74, 6) is 0.795. The third-order valence-electron chi connectivity index (χ3n) is 6.42. The topological polar surface area (TPSA) is 104 Å². The first-order valence-electron chi connectivity index (χ1n) is 12.9. The highest BCUT2D eigenvalue weighted by Gasteiger charge is 2.33. The molecule has 0 saturated carbocycles. The summed E-state index contributed by atoms with van der Waals surface area (Å²) >= 11 is 6.20. The van der Waals surface area contributed by atoms with Gasteiger partial charge in [-0.3, -0.25) is 0 Å². The molecule has 39 heavy (non-hydrogen) atoms. The van der Waals surface area contributed by atoms with Gasteiger partial charge in [0.05, 0.1) is 12.5 Å². The van der Waals surface area contributed by atoms with Crippen LogP contribution < -0.4 is 24.7 Å². The number of carbonyl (C=O) groups is 1. The second-order valence-electron chi connectivity index (χ2n) is 9.35. The highest BCUT2D eigenvalue weighted by molar-refractivity contribution is 6.32. The molecule has 0 radical (unpaired) electrons. The summed E-state index contributed by atoms with van der Waals surface area (Å²) in [6.45, 7) is 6.17. The molecule has 0 saturated heterocycles. The summed E-state index contributed by atoms with van der Waals surface area (Å²) in [6.07, 6.45) is 3.10. The normalized spacial score (nSPS) is 14.2. The van der Waals surface area contributed by atoms with Crippen molar-refractivity contribution in [3.05, 3.63) is 93.3 Å². The predicted octanol–water partition coefficient (Wildman–Crippen LogP) is 6.73. The lowest BCUT2D eigenvalue weighted by molar-refractivity contribution is -0.136. The Morgan fingerprint density at radius 2 is 1.77 bits per heavy atom. The number of allylic oxidation sites excluding steroid dienone is 1. The first-order valence-corrected chi connectivity index (χ1v) is 13.2. The van der Waals surface area contributed by atoms with Crippen LogP contribution in [-0.4, -0.2) is 19.2 Å². The van der Waals surface area contributed by atoms with Crippen molar-refractivity contribution in [2.75, 3.05) is 13.2 Å². The van der Waals surface area contributed by atoms with Crippen molar-refractivity contribution in [1.82, 2.24) is 0 Å². The first-order chi connectivity index (χ1) is 18.8. The standard InChI is InChI=1S/C31H31ClN2O5/c1-4-5-8-13-36-26-10-7-6-9-23(26)29-24-12-11-21(16-27(24)39-31(34)25(29)17-33)38-28(35)18-37-22-14-19(2)30(32)20(3)15-22/h6-7,9-12,14-16,29H,4-5,8,13,18,34H2,1-3H3. The van der Waals surface area contributed by atoms with Gasteiger partial charge in [0.2, 0.25) is 5.88 Å². The van der Waals surface area contributed by atoms with E-state index in [0.717, 1.165) is 36.0 Å². The number of carbonyl (C=O) groups excluding carboxylic acids is 1. The average Bonchev–Trinajstić information content (AvgIpc) is 2.92. The number of ether oxygens (including phenoxy) is 4. The minimum absolute atomic E-state index is 0.00364. The van der Waals surface area contributed by atoms with E-state index in [1.165, 1.54) is 0 Å². The predicted molar refractivity (Wildman–Crippen MR) is 149 cm³/mol. The number of hydrogen-bond donors (Lipinski definition) is 1. The van der Waals surface area contributed by atoms with Crippen molar-refractivity contribution >= 4 is 17.6 Å². The van der Waals surface area contributed by atoms with Gasteiger partial charge < -0.3 is 24.7 Å². The van der Waals surface area contributed by atoms with Crippen molar-refractivity contribution in [2.45, 2.75) is 46.0 Å². The van der Waals surface area contributed by atoms with Gasteiger partial charge in [-0.2, -0.15) is 5.26 Å². The van der Waals surface area contributed by atoms with E-state index in [1.54, 1.807) is 30.3 Å². The maximum atomic E-state index is 12.5. The number of aryl methyl sites for hydroxylation is 2. The molecule has 0 amide bonds. The smallest absolute Gasteiger partial charge is 0.349 e. The molecule has 1 aliphatic rings. The number of para-hydroxylation sites is 1. The van der Waals surface area contributed by atoms with Crippen LogP contribution in [0.4, 0.5) is 0 Å². The monoisotopic (exact) mass is 546 g/mol. The van der Waals surface area contributed by atoms with Crippen LogP contribution in [0.1, 0.15) is 54.4 Å². The number of unbranched alkanes of at least 4 members (excludes halogenated alkanes) is 2. The second-order valence-corrected chi connectivity index (χ2v) is 9.73. The maximum Gasteiger partial charge on any atom is 0.349 e. The van der Waals surface area contributed by atoms with Gasteiger partial charge >= 0.3 is 5.97 Å². The van der Waals surface area contributed by atoms with E-state index >= 15 is 0 Å². The third kappa shape index (κ3) is 6.47. The third-order valence-corrected chi connectivity index (χ3v) is 7.02. The van der Waals surface area contributed by atoms with Gasteiger partial charge in [-0.15, -0.1) is 0 Å². The van der Waals surface area contributed by atoms with E-state index < -0.39 is 11.9 Å². The van der Waals surface area contributed by atoms with Crippen LogP contribution in [0.15, 0.2) is 66.1 Å². The SMILES string of the molecule is CCCCCOc1ccccc1C1C(C#N)=C(N)Oc2cc(OC(=O)COc3cc(C)c(Cl)c(C)c3)ccc21. The summed E-state index contributed by atoms with van der Waals surface area (Å²) in [5, 5.41) is 10.6. The molecule has 7 nitrogen and oxygen atoms in total. The van der Waals surface area contributed by atoms with E-state index in [-0.39, 0.29) is 18.2 Å². The van der Waals surface area contributed by atoms with Crippen LogP contribution in [-0.2, 0) is 4.79 Å². The Labute approximate surface area is 233 Å². The van der Waals surface area contributed by atoms with Gasteiger partial charge in [-0.25, -0.2) is 4.79 Å². The minimum atomic E-state index is -0.584. The number of benzene rings is 3. The zero-order valence-electron chi connectivity index (χ0n) is 22.3. The zero-order chi connectivity index (χ0) is 27.9. The molecule has 4 rings (SSSR count). The Kier molecular flexibility index (Phi) is 9.00. The van der Waals surface area contributed by atoms with Crippen LogP contribution >= 0.6 is 11.6 Å². The van der Waals surface area contributed by atoms with Gasteiger partial charge in [0.1, 0.15) is 34.6 Å². The first kappa shape index (κ1) is 27.9. The fraction of sp³-hybridized carbons (Fsp3) is 0.290. The Balaban J connectivity index is 1.54. The molecule has 1 atom stereocenters. The molecule has 0 aromatic heterocycles. The van der Waals surface area contributed by atoms with E-state index in [1.807, 2.05) is 38.1 Å². The fourth-order valence-electron chi connectivity index (χ4n) is 4.50. The molecule has 0 bridgehead atoms. The summed E-state index contributed by atoms with van der Waals surface area (Å²) < 4.78 is 23.0. The van der Waals surface area contributed by atoms with Gasteiger partial charge in [0.25, 0.3) is 0 Å². The summed E-state index contributed by atoms with van der Waals surface area (Å²) in [6, 6.07) is 18.4. The number of rotatable bonds is 10. The lowest BCUT2D eigenvalue weighted by Crippen LogP contribution is -2.22. The number of hydrogen-bond acceptors (Lipinski definition) is 7. The van der Waals surface area contributed by atoms with Gasteiger partial charge in [-0.05, 0) is 55.7 Å².